The van der Waals surface area contributed by atoms with E-state index < -0.39 is 0 Å². The second kappa shape index (κ2) is 8.26. The number of thioether (sulfide) groups is 1. The predicted molar refractivity (Wildman–Crippen MR) is 120 cm³/mol. The number of ether oxygens (including phenoxy) is 1. The van der Waals surface area contributed by atoms with E-state index >= 15 is 0 Å². The molecule has 0 aromatic heterocycles. The number of fused-ring (bicyclic) bond motifs is 1. The molecule has 2 N–H and O–H groups in total. The van der Waals surface area contributed by atoms with Crippen molar-refractivity contribution < 1.29 is 14.3 Å². The van der Waals surface area contributed by atoms with E-state index in [0.29, 0.717) is 33.8 Å². The lowest BCUT2D eigenvalue weighted by Crippen LogP contribution is -2.35. The Morgan fingerprint density at radius 2 is 2.07 bits per heavy atom. The first kappa shape index (κ1) is 19.5. The number of carbonyl (C=O) groups is 2. The fraction of sp³-hybridized carbons (Fsp3) is 0.190. The lowest BCUT2D eigenvalue weighted by Gasteiger charge is -2.22. The Morgan fingerprint density at radius 3 is 2.79 bits per heavy atom. The maximum atomic E-state index is 13.0. The van der Waals surface area contributed by atoms with Gasteiger partial charge >= 0.3 is 6.03 Å². The SMILES string of the molecule is Cc1ccc(NC(=O)N2CCCOc3ccc(/C=C4/SC(=S)NC4=O)cc32)cc1. The lowest BCUT2D eigenvalue weighted by molar-refractivity contribution is -0.115. The third-order valence-electron chi connectivity index (χ3n) is 4.55. The number of nitrogens with one attached hydrogen (secondary N) is 2. The summed E-state index contributed by atoms with van der Waals surface area (Å²) in [5.41, 5.74) is 3.33. The van der Waals surface area contributed by atoms with E-state index in [-0.39, 0.29) is 11.9 Å². The number of rotatable bonds is 2. The maximum absolute atomic E-state index is 13.0. The van der Waals surface area contributed by atoms with Crippen LogP contribution in [0.5, 0.6) is 5.75 Å². The van der Waals surface area contributed by atoms with Gasteiger partial charge in [-0.1, -0.05) is 47.7 Å². The van der Waals surface area contributed by atoms with Crippen LogP contribution in [0.25, 0.3) is 6.08 Å². The van der Waals surface area contributed by atoms with Crippen LogP contribution < -0.4 is 20.3 Å². The normalized spacial score (nSPS) is 17.4. The van der Waals surface area contributed by atoms with Gasteiger partial charge in [0.2, 0.25) is 0 Å². The molecule has 0 spiro atoms. The van der Waals surface area contributed by atoms with Crippen molar-refractivity contribution >= 4 is 57.7 Å². The number of hydrogen-bond donors (Lipinski definition) is 2. The second-order valence-electron chi connectivity index (χ2n) is 6.73. The topological polar surface area (TPSA) is 70.7 Å². The number of hydrogen-bond acceptors (Lipinski definition) is 5. The van der Waals surface area contributed by atoms with Crippen LogP contribution in [-0.2, 0) is 4.79 Å². The summed E-state index contributed by atoms with van der Waals surface area (Å²) < 4.78 is 6.25. The van der Waals surface area contributed by atoms with E-state index in [2.05, 4.69) is 10.6 Å². The molecule has 0 atom stereocenters. The molecule has 6 nitrogen and oxygen atoms in total. The van der Waals surface area contributed by atoms with Crippen LogP contribution in [0.3, 0.4) is 0 Å². The van der Waals surface area contributed by atoms with Crippen LogP contribution in [0, 0.1) is 6.92 Å². The average Bonchev–Trinajstić information content (AvgIpc) is 2.89. The highest BCUT2D eigenvalue weighted by atomic mass is 32.2. The number of thiocarbonyl (C=S) groups is 1. The number of nitrogens with zero attached hydrogens (tertiary/aromatic N) is 1. The van der Waals surface area contributed by atoms with Crippen molar-refractivity contribution in [2.45, 2.75) is 13.3 Å². The minimum atomic E-state index is -0.223. The van der Waals surface area contributed by atoms with Gasteiger partial charge in [0.15, 0.2) is 0 Å². The molecule has 2 aromatic carbocycles. The Hall–Kier alpha value is -2.84. The van der Waals surface area contributed by atoms with Crippen molar-refractivity contribution in [1.29, 1.82) is 0 Å². The van der Waals surface area contributed by atoms with Crippen molar-refractivity contribution in [3.63, 3.8) is 0 Å². The van der Waals surface area contributed by atoms with Crippen molar-refractivity contribution in [3.8, 4) is 5.75 Å². The molecule has 4 rings (SSSR count). The molecule has 148 valence electrons. The number of amides is 3. The zero-order valence-corrected chi connectivity index (χ0v) is 17.4. The number of carbonyl (C=O) groups excluding carboxylic acids is 2. The monoisotopic (exact) mass is 425 g/mol. The van der Waals surface area contributed by atoms with Gasteiger partial charge in [-0.2, -0.15) is 0 Å². The summed E-state index contributed by atoms with van der Waals surface area (Å²) in [5.74, 6) is 0.433. The van der Waals surface area contributed by atoms with Crippen molar-refractivity contribution in [1.82, 2.24) is 5.32 Å². The van der Waals surface area contributed by atoms with Crippen LogP contribution >= 0.6 is 24.0 Å². The van der Waals surface area contributed by atoms with E-state index in [0.717, 1.165) is 23.2 Å². The van der Waals surface area contributed by atoms with Crippen LogP contribution in [0.4, 0.5) is 16.2 Å². The van der Waals surface area contributed by atoms with Gasteiger partial charge < -0.3 is 15.4 Å². The third-order valence-corrected chi connectivity index (χ3v) is 5.71. The molecule has 1 saturated heterocycles. The van der Waals surface area contributed by atoms with E-state index in [1.165, 1.54) is 11.8 Å². The fourth-order valence-corrected chi connectivity index (χ4v) is 4.14. The molecule has 3 amide bonds. The van der Waals surface area contributed by atoms with Gasteiger partial charge in [-0.05, 0) is 49.2 Å². The molecular formula is C21H19N3O3S2. The van der Waals surface area contributed by atoms with E-state index in [4.69, 9.17) is 17.0 Å². The van der Waals surface area contributed by atoms with Gasteiger partial charge in [-0.3, -0.25) is 9.69 Å². The summed E-state index contributed by atoms with van der Waals surface area (Å²) in [6.45, 7) is 3.07. The van der Waals surface area contributed by atoms with Crippen LogP contribution in [0.1, 0.15) is 17.5 Å². The first-order valence-corrected chi connectivity index (χ1v) is 10.4. The lowest BCUT2D eigenvalue weighted by atomic mass is 10.1. The highest BCUT2D eigenvalue weighted by Gasteiger charge is 2.25. The van der Waals surface area contributed by atoms with Crippen LogP contribution in [0.15, 0.2) is 47.4 Å². The van der Waals surface area contributed by atoms with Crippen molar-refractivity contribution in [3.05, 3.63) is 58.5 Å². The molecular weight excluding hydrogens is 406 g/mol. The number of anilines is 2. The van der Waals surface area contributed by atoms with E-state index in [9.17, 15) is 9.59 Å². The number of aryl methyl sites for hydroxylation is 1. The molecule has 1 fully saturated rings. The first-order chi connectivity index (χ1) is 14.0. The number of benzene rings is 2. The summed E-state index contributed by atoms with van der Waals surface area (Å²) >= 11 is 6.26. The Morgan fingerprint density at radius 1 is 1.28 bits per heavy atom. The molecule has 0 bridgehead atoms. The molecule has 2 aromatic rings. The van der Waals surface area contributed by atoms with Gasteiger partial charge in [-0.25, -0.2) is 4.79 Å². The molecule has 29 heavy (non-hydrogen) atoms. The van der Waals surface area contributed by atoms with Crippen LogP contribution in [-0.4, -0.2) is 29.4 Å². The summed E-state index contributed by atoms with van der Waals surface area (Å²) in [7, 11) is 0. The largest absolute Gasteiger partial charge is 0.491 e. The minimum absolute atomic E-state index is 0.208. The summed E-state index contributed by atoms with van der Waals surface area (Å²) in [6, 6.07) is 13.0. The molecule has 0 radical (unpaired) electrons. The van der Waals surface area contributed by atoms with Gasteiger partial charge in [0, 0.05) is 12.2 Å². The first-order valence-electron chi connectivity index (χ1n) is 9.16. The van der Waals surface area contributed by atoms with Gasteiger partial charge in [0.1, 0.15) is 10.1 Å². The second-order valence-corrected chi connectivity index (χ2v) is 8.45. The van der Waals surface area contributed by atoms with Gasteiger partial charge in [-0.15, -0.1) is 0 Å². The smallest absolute Gasteiger partial charge is 0.326 e. The molecule has 0 aliphatic carbocycles. The van der Waals surface area contributed by atoms with Crippen molar-refractivity contribution in [2.24, 2.45) is 0 Å². The Kier molecular flexibility index (Phi) is 5.55. The van der Waals surface area contributed by atoms with Gasteiger partial charge in [0.05, 0.1) is 17.2 Å². The zero-order valence-electron chi connectivity index (χ0n) is 15.7. The van der Waals surface area contributed by atoms with Gasteiger partial charge in [0.25, 0.3) is 5.91 Å². The zero-order chi connectivity index (χ0) is 20.4. The molecule has 0 unspecified atom stereocenters. The third kappa shape index (κ3) is 4.44. The Bertz CT molecular complexity index is 1020. The summed E-state index contributed by atoms with van der Waals surface area (Å²) in [4.78, 5) is 27.1. The minimum Gasteiger partial charge on any atom is -0.491 e. The molecule has 0 saturated carbocycles. The summed E-state index contributed by atoms with van der Waals surface area (Å²) in [6.07, 6.45) is 2.49. The Labute approximate surface area is 178 Å². The number of urea groups is 1. The summed E-state index contributed by atoms with van der Waals surface area (Å²) in [5, 5.41) is 5.55. The van der Waals surface area contributed by atoms with E-state index in [1.807, 2.05) is 49.4 Å². The van der Waals surface area contributed by atoms with Crippen molar-refractivity contribution in [2.75, 3.05) is 23.4 Å². The molecule has 2 aliphatic rings. The fourth-order valence-electron chi connectivity index (χ4n) is 3.09. The average molecular weight is 426 g/mol. The van der Waals surface area contributed by atoms with Crippen LogP contribution in [0.2, 0.25) is 0 Å². The quantitative estimate of drug-likeness (QED) is 0.554. The highest BCUT2D eigenvalue weighted by molar-refractivity contribution is 8.26. The molecule has 2 aliphatic heterocycles. The highest BCUT2D eigenvalue weighted by Crippen LogP contribution is 2.34. The maximum Gasteiger partial charge on any atom is 0.326 e. The standard InChI is InChI=1S/C21H19N3O3S2/c1-13-3-6-15(7-4-13)22-20(26)24-9-2-10-27-17-8-5-14(11-16(17)24)12-18-19(25)23-21(28)29-18/h3-8,11-12H,2,9-10H2,1H3,(H,22,26)(H,23,25,28)/b18-12+. The Balaban J connectivity index is 1.63. The molecule has 8 heteroatoms. The van der Waals surface area contributed by atoms with E-state index in [1.54, 1.807) is 11.0 Å². The molecule has 2 heterocycles. The predicted octanol–water partition coefficient (Wildman–Crippen LogP) is 4.30.